The van der Waals surface area contributed by atoms with Crippen LogP contribution in [0.4, 0.5) is 0 Å². The summed E-state index contributed by atoms with van der Waals surface area (Å²) in [4.78, 5) is 9.63. The summed E-state index contributed by atoms with van der Waals surface area (Å²) in [5.41, 5.74) is 6.62. The molecule has 4 aromatic rings. The molecule has 0 aliphatic carbocycles. The summed E-state index contributed by atoms with van der Waals surface area (Å²) >= 11 is 0. The quantitative estimate of drug-likeness (QED) is 0.448. The molecule has 4 rings (SSSR count). The molecule has 0 unspecified atom stereocenters. The molecule has 0 fully saturated rings. The molecule has 4 nitrogen and oxygen atoms in total. The van der Waals surface area contributed by atoms with Gasteiger partial charge in [0.15, 0.2) is 0 Å². The predicted molar refractivity (Wildman–Crippen MR) is 110 cm³/mol. The van der Waals surface area contributed by atoms with Gasteiger partial charge in [-0.2, -0.15) is 0 Å². The Kier molecular flexibility index (Phi) is 4.40. The first kappa shape index (κ1) is 17.3. The van der Waals surface area contributed by atoms with E-state index in [1.165, 1.54) is 0 Å². The molecule has 0 amide bonds. The summed E-state index contributed by atoms with van der Waals surface area (Å²) < 4.78 is 11.6. The Morgan fingerprint density at radius 2 is 1.59 bits per heavy atom. The summed E-state index contributed by atoms with van der Waals surface area (Å²) in [6.45, 7) is 6.09. The van der Waals surface area contributed by atoms with Crippen molar-refractivity contribution in [3.63, 3.8) is 0 Å². The van der Waals surface area contributed by atoms with Gasteiger partial charge in [0.2, 0.25) is 0 Å². The predicted octanol–water partition coefficient (Wildman–Crippen LogP) is 5.55. The van der Waals surface area contributed by atoms with Gasteiger partial charge in [0.1, 0.15) is 11.5 Å². The number of nitrogens with zero attached hydrogens (tertiary/aromatic N) is 2. The average molecular weight is 358 g/mol. The topological polar surface area (TPSA) is 44.2 Å². The number of aromatic nitrogens is 2. The first-order chi connectivity index (χ1) is 13.1. The number of benzene rings is 3. The second-order valence-electron chi connectivity index (χ2n) is 6.87. The Labute approximate surface area is 158 Å². The van der Waals surface area contributed by atoms with Crippen molar-refractivity contribution in [1.29, 1.82) is 0 Å². The van der Waals surface area contributed by atoms with Crippen LogP contribution in [0.2, 0.25) is 0 Å². The van der Waals surface area contributed by atoms with Gasteiger partial charge in [0.05, 0.1) is 40.8 Å². The highest BCUT2D eigenvalue weighted by Gasteiger charge is 2.15. The molecule has 0 saturated carbocycles. The summed E-state index contributed by atoms with van der Waals surface area (Å²) in [6, 6.07) is 18.0. The third kappa shape index (κ3) is 3.19. The highest BCUT2D eigenvalue weighted by atomic mass is 16.5. The molecule has 0 radical (unpaired) electrons. The number of rotatable bonds is 4. The van der Waals surface area contributed by atoms with Crippen molar-refractivity contribution >= 4 is 22.1 Å². The number of para-hydroxylation sites is 1. The third-order valence-electron chi connectivity index (χ3n) is 4.52. The highest BCUT2D eigenvalue weighted by Crippen LogP contribution is 2.39. The normalized spacial score (nSPS) is 11.3. The van der Waals surface area contributed by atoms with Crippen molar-refractivity contribution in [2.24, 2.45) is 0 Å². The Morgan fingerprint density at radius 1 is 0.815 bits per heavy atom. The second-order valence-corrected chi connectivity index (χ2v) is 6.87. The van der Waals surface area contributed by atoms with Crippen molar-refractivity contribution in [3.05, 3.63) is 60.2 Å². The molecule has 27 heavy (non-hydrogen) atoms. The Balaban J connectivity index is 1.94. The molecule has 0 atom stereocenters. The van der Waals surface area contributed by atoms with E-state index in [0.717, 1.165) is 50.3 Å². The number of methoxy groups -OCH3 is 1. The lowest BCUT2D eigenvalue weighted by molar-refractivity contribution is 0.242. The van der Waals surface area contributed by atoms with E-state index < -0.39 is 0 Å². The van der Waals surface area contributed by atoms with E-state index in [1.807, 2.05) is 56.3 Å². The molecule has 0 saturated heterocycles. The van der Waals surface area contributed by atoms with Gasteiger partial charge >= 0.3 is 0 Å². The fourth-order valence-electron chi connectivity index (χ4n) is 3.31. The van der Waals surface area contributed by atoms with Crippen LogP contribution >= 0.6 is 0 Å². The second kappa shape index (κ2) is 6.88. The minimum Gasteiger partial charge on any atom is -0.496 e. The van der Waals surface area contributed by atoms with E-state index in [9.17, 15) is 0 Å². The molecule has 0 aliphatic heterocycles. The number of ether oxygens (including phenoxy) is 2. The van der Waals surface area contributed by atoms with E-state index in [-0.39, 0.29) is 6.10 Å². The SMILES string of the molecule is COc1cccc(OC(C)C)c1-c1ccc2nc3cccc(C)c3nc2c1. The van der Waals surface area contributed by atoms with E-state index in [4.69, 9.17) is 19.4 Å². The smallest absolute Gasteiger partial charge is 0.131 e. The number of hydrogen-bond acceptors (Lipinski definition) is 4. The lowest BCUT2D eigenvalue weighted by Crippen LogP contribution is -2.07. The zero-order valence-electron chi connectivity index (χ0n) is 16.0. The summed E-state index contributed by atoms with van der Waals surface area (Å²) in [7, 11) is 1.68. The maximum absolute atomic E-state index is 6.03. The summed E-state index contributed by atoms with van der Waals surface area (Å²) in [5.74, 6) is 1.58. The Bertz CT molecular complexity index is 1140. The van der Waals surface area contributed by atoms with Crippen LogP contribution in [-0.2, 0) is 0 Å². The zero-order valence-corrected chi connectivity index (χ0v) is 16.0. The molecule has 0 spiro atoms. The minimum atomic E-state index is 0.0719. The minimum absolute atomic E-state index is 0.0719. The lowest BCUT2D eigenvalue weighted by atomic mass is 10.0. The molecule has 0 bridgehead atoms. The van der Waals surface area contributed by atoms with Gasteiger partial charge in [-0.05, 0) is 62.2 Å². The molecule has 1 heterocycles. The summed E-state index contributed by atoms with van der Waals surface area (Å²) in [5, 5.41) is 0. The maximum atomic E-state index is 6.03. The van der Waals surface area contributed by atoms with Crippen LogP contribution < -0.4 is 9.47 Å². The molecule has 0 aliphatic rings. The lowest BCUT2D eigenvalue weighted by Gasteiger charge is -2.17. The van der Waals surface area contributed by atoms with E-state index >= 15 is 0 Å². The van der Waals surface area contributed by atoms with Crippen LogP contribution in [0.15, 0.2) is 54.6 Å². The van der Waals surface area contributed by atoms with Gasteiger partial charge in [-0.1, -0.05) is 24.3 Å². The monoisotopic (exact) mass is 358 g/mol. The van der Waals surface area contributed by atoms with Crippen molar-refractivity contribution in [3.8, 4) is 22.6 Å². The van der Waals surface area contributed by atoms with Crippen molar-refractivity contribution in [2.45, 2.75) is 26.9 Å². The standard InChI is InChI=1S/C23H22N2O2/c1-14(2)27-21-10-6-9-20(26-4)22(21)16-11-12-17-19(13-16)25-23-15(3)7-5-8-18(23)24-17/h5-14H,1-4H3. The van der Waals surface area contributed by atoms with E-state index in [2.05, 4.69) is 19.1 Å². The molecular formula is C23H22N2O2. The molecule has 136 valence electrons. The van der Waals surface area contributed by atoms with Crippen molar-refractivity contribution in [2.75, 3.05) is 7.11 Å². The number of hydrogen-bond donors (Lipinski definition) is 0. The van der Waals surface area contributed by atoms with E-state index in [1.54, 1.807) is 7.11 Å². The van der Waals surface area contributed by atoms with Crippen LogP contribution in [0.25, 0.3) is 33.2 Å². The van der Waals surface area contributed by atoms with Gasteiger partial charge in [-0.15, -0.1) is 0 Å². The Morgan fingerprint density at radius 3 is 2.37 bits per heavy atom. The number of fused-ring (bicyclic) bond motifs is 2. The van der Waals surface area contributed by atoms with Crippen LogP contribution in [0.5, 0.6) is 11.5 Å². The fourth-order valence-corrected chi connectivity index (χ4v) is 3.31. The molecule has 3 aromatic carbocycles. The van der Waals surface area contributed by atoms with Gasteiger partial charge in [-0.25, -0.2) is 9.97 Å². The highest BCUT2D eigenvalue weighted by molar-refractivity contribution is 5.91. The van der Waals surface area contributed by atoms with Gasteiger partial charge in [-0.3, -0.25) is 0 Å². The van der Waals surface area contributed by atoms with E-state index in [0.29, 0.717) is 0 Å². The van der Waals surface area contributed by atoms with Gasteiger partial charge in [0.25, 0.3) is 0 Å². The van der Waals surface area contributed by atoms with Crippen molar-refractivity contribution in [1.82, 2.24) is 9.97 Å². The molecule has 0 N–H and O–H groups in total. The van der Waals surface area contributed by atoms with Crippen LogP contribution in [0.1, 0.15) is 19.4 Å². The summed E-state index contributed by atoms with van der Waals surface area (Å²) in [6.07, 6.45) is 0.0719. The number of aryl methyl sites for hydroxylation is 1. The van der Waals surface area contributed by atoms with Gasteiger partial charge < -0.3 is 9.47 Å². The molecule has 1 aromatic heterocycles. The van der Waals surface area contributed by atoms with Crippen molar-refractivity contribution < 1.29 is 9.47 Å². The van der Waals surface area contributed by atoms with Crippen LogP contribution in [-0.4, -0.2) is 23.2 Å². The third-order valence-corrected chi connectivity index (χ3v) is 4.52. The first-order valence-corrected chi connectivity index (χ1v) is 9.08. The fraction of sp³-hybridized carbons (Fsp3) is 0.217. The maximum Gasteiger partial charge on any atom is 0.131 e. The van der Waals surface area contributed by atoms with Crippen LogP contribution in [0, 0.1) is 6.92 Å². The van der Waals surface area contributed by atoms with Gasteiger partial charge in [0, 0.05) is 0 Å². The zero-order chi connectivity index (χ0) is 19.0. The van der Waals surface area contributed by atoms with Crippen LogP contribution in [0.3, 0.4) is 0 Å². The molecular weight excluding hydrogens is 336 g/mol. The largest absolute Gasteiger partial charge is 0.496 e. The average Bonchev–Trinajstić information content (AvgIpc) is 2.66. The Hall–Kier alpha value is -3.14. The first-order valence-electron chi connectivity index (χ1n) is 9.08. The molecule has 4 heteroatoms.